The van der Waals surface area contributed by atoms with Crippen molar-refractivity contribution in [2.24, 2.45) is 0 Å². The van der Waals surface area contributed by atoms with E-state index in [0.717, 1.165) is 5.69 Å². The van der Waals surface area contributed by atoms with Crippen molar-refractivity contribution in [3.05, 3.63) is 54.1 Å². The number of nitrogens with one attached hydrogen (secondary N) is 1. The van der Waals surface area contributed by atoms with Crippen LogP contribution in [0.4, 0.5) is 0 Å². The Morgan fingerprint density at radius 1 is 1.29 bits per heavy atom. The molecule has 2 aromatic rings. The Hall–Kier alpha value is -2.41. The topological polar surface area (TPSA) is 59.4 Å². The lowest BCUT2D eigenvalue weighted by Crippen LogP contribution is -2.36. The van der Waals surface area contributed by atoms with E-state index in [1.807, 2.05) is 30.0 Å². The van der Waals surface area contributed by atoms with Gasteiger partial charge < -0.3 is 19.5 Å². The maximum absolute atomic E-state index is 12.3. The summed E-state index contributed by atoms with van der Waals surface area (Å²) >= 11 is 5.62. The first-order valence-corrected chi connectivity index (χ1v) is 10.4. The number of ether oxygens (including phenoxy) is 1. The second kappa shape index (κ2) is 8.31. The van der Waals surface area contributed by atoms with Crippen molar-refractivity contribution in [3.8, 4) is 0 Å². The number of esters is 1. The fraction of sp³-hybridized carbons (Fsp3) is 0.476. The quantitative estimate of drug-likeness (QED) is 0.593. The van der Waals surface area contributed by atoms with Gasteiger partial charge in [-0.3, -0.25) is 9.78 Å². The molecule has 2 atom stereocenters. The average molecular weight is 399 g/mol. The zero-order chi connectivity index (χ0) is 19.5. The number of aromatic nitrogens is 2. The molecule has 4 rings (SSSR count). The monoisotopic (exact) mass is 398 g/mol. The van der Waals surface area contributed by atoms with Crippen LogP contribution in [-0.4, -0.2) is 38.7 Å². The smallest absolute Gasteiger partial charge is 0.325 e. The molecule has 0 bridgehead atoms. The standard InChI is InChI=1S/C21H26N4O2S/c1-2-27-18(26)14-25-20(17-11-7-13-24(17)15-8-3-4-9-15)19(23-21(25)28)16-10-5-6-12-22-16/h5-7,10-13,15,19-20H,2-4,8-9,14H2,1H3,(H,23,28). The Labute approximate surface area is 170 Å². The SMILES string of the molecule is CCOC(=O)CN1C(=S)NC(c2ccccn2)C1c1cccn1C1CCCC1. The van der Waals surface area contributed by atoms with Crippen molar-refractivity contribution < 1.29 is 9.53 Å². The molecule has 2 unspecified atom stereocenters. The summed E-state index contributed by atoms with van der Waals surface area (Å²) < 4.78 is 7.57. The molecular formula is C21H26N4O2S. The molecule has 0 aromatic carbocycles. The predicted octanol–water partition coefficient (Wildman–Crippen LogP) is 3.53. The van der Waals surface area contributed by atoms with E-state index in [2.05, 4.69) is 33.2 Å². The lowest BCUT2D eigenvalue weighted by atomic mass is 10.0. The first kappa shape index (κ1) is 18.9. The molecule has 0 amide bonds. The summed E-state index contributed by atoms with van der Waals surface area (Å²) in [6, 6.07) is 10.4. The molecule has 3 heterocycles. The molecule has 1 saturated carbocycles. The summed E-state index contributed by atoms with van der Waals surface area (Å²) in [4.78, 5) is 18.8. The van der Waals surface area contributed by atoms with Crippen LogP contribution < -0.4 is 5.32 Å². The summed E-state index contributed by atoms with van der Waals surface area (Å²) in [7, 11) is 0. The second-order valence-corrected chi connectivity index (χ2v) is 7.72. The van der Waals surface area contributed by atoms with Crippen LogP contribution in [0.15, 0.2) is 42.7 Å². The Balaban J connectivity index is 1.72. The molecule has 2 aliphatic rings. The molecule has 28 heavy (non-hydrogen) atoms. The van der Waals surface area contributed by atoms with Gasteiger partial charge in [-0.1, -0.05) is 18.9 Å². The third kappa shape index (κ3) is 3.63. The van der Waals surface area contributed by atoms with Crippen LogP contribution in [0.1, 0.15) is 62.1 Å². The van der Waals surface area contributed by atoms with Crippen LogP contribution in [0, 0.1) is 0 Å². The van der Waals surface area contributed by atoms with Gasteiger partial charge in [0.15, 0.2) is 5.11 Å². The molecular weight excluding hydrogens is 372 g/mol. The van der Waals surface area contributed by atoms with E-state index >= 15 is 0 Å². The van der Waals surface area contributed by atoms with E-state index in [0.29, 0.717) is 17.8 Å². The van der Waals surface area contributed by atoms with E-state index < -0.39 is 0 Å². The van der Waals surface area contributed by atoms with Crippen molar-refractivity contribution in [1.29, 1.82) is 0 Å². The Morgan fingerprint density at radius 2 is 2.11 bits per heavy atom. The van der Waals surface area contributed by atoms with E-state index in [-0.39, 0.29) is 24.6 Å². The number of hydrogen-bond acceptors (Lipinski definition) is 4. The van der Waals surface area contributed by atoms with Crippen LogP contribution in [-0.2, 0) is 9.53 Å². The molecule has 6 nitrogen and oxygen atoms in total. The van der Waals surface area contributed by atoms with Gasteiger partial charge in [-0.25, -0.2) is 0 Å². The maximum atomic E-state index is 12.3. The van der Waals surface area contributed by atoms with Gasteiger partial charge in [0.25, 0.3) is 0 Å². The molecule has 2 fully saturated rings. The van der Waals surface area contributed by atoms with E-state index in [9.17, 15) is 4.79 Å². The average Bonchev–Trinajstić information content (AvgIpc) is 3.43. The Bertz CT molecular complexity index is 832. The summed E-state index contributed by atoms with van der Waals surface area (Å²) in [5.74, 6) is -0.266. The van der Waals surface area contributed by atoms with Gasteiger partial charge >= 0.3 is 5.97 Å². The number of nitrogens with zero attached hydrogens (tertiary/aromatic N) is 3. The molecule has 1 N–H and O–H groups in total. The van der Waals surface area contributed by atoms with Crippen LogP contribution in [0.3, 0.4) is 0 Å². The molecule has 1 saturated heterocycles. The van der Waals surface area contributed by atoms with E-state index in [4.69, 9.17) is 17.0 Å². The number of rotatable bonds is 6. The number of pyridine rings is 1. The number of hydrogen-bond donors (Lipinski definition) is 1. The minimum absolute atomic E-state index is 0.109. The van der Waals surface area contributed by atoms with Gasteiger partial charge in [-0.05, 0) is 56.2 Å². The fourth-order valence-electron chi connectivity index (χ4n) is 4.42. The predicted molar refractivity (Wildman–Crippen MR) is 111 cm³/mol. The first-order valence-electron chi connectivity index (χ1n) is 9.99. The minimum atomic E-state index is -0.266. The highest BCUT2D eigenvalue weighted by molar-refractivity contribution is 7.80. The second-order valence-electron chi connectivity index (χ2n) is 7.34. The zero-order valence-electron chi connectivity index (χ0n) is 16.1. The highest BCUT2D eigenvalue weighted by atomic mass is 32.1. The van der Waals surface area contributed by atoms with Crippen molar-refractivity contribution >= 4 is 23.3 Å². The van der Waals surface area contributed by atoms with Gasteiger partial charge in [0.05, 0.1) is 24.4 Å². The van der Waals surface area contributed by atoms with E-state index in [1.54, 1.807) is 6.20 Å². The highest BCUT2D eigenvalue weighted by Gasteiger charge is 2.42. The van der Waals surface area contributed by atoms with Gasteiger partial charge in [0.2, 0.25) is 0 Å². The largest absolute Gasteiger partial charge is 0.465 e. The first-order chi connectivity index (χ1) is 13.7. The Morgan fingerprint density at radius 3 is 2.82 bits per heavy atom. The normalized spacial score (nSPS) is 22.5. The summed E-state index contributed by atoms with van der Waals surface area (Å²) in [5.41, 5.74) is 2.08. The fourth-order valence-corrected chi connectivity index (χ4v) is 4.72. The maximum Gasteiger partial charge on any atom is 0.325 e. The van der Waals surface area contributed by atoms with Crippen LogP contribution >= 0.6 is 12.2 Å². The molecule has 7 heteroatoms. The summed E-state index contributed by atoms with van der Waals surface area (Å²) in [6.45, 7) is 2.31. The van der Waals surface area contributed by atoms with Gasteiger partial charge in [-0.2, -0.15) is 0 Å². The molecule has 1 aliphatic carbocycles. The Kier molecular flexibility index (Phi) is 5.62. The van der Waals surface area contributed by atoms with Crippen molar-refractivity contribution in [1.82, 2.24) is 19.8 Å². The number of thiocarbonyl (C=S) groups is 1. The zero-order valence-corrected chi connectivity index (χ0v) is 16.9. The third-order valence-electron chi connectivity index (χ3n) is 5.64. The number of carbonyl (C=O) groups excluding carboxylic acids is 1. The molecule has 1 aliphatic heterocycles. The number of carbonyl (C=O) groups is 1. The van der Waals surface area contributed by atoms with Gasteiger partial charge in [0, 0.05) is 24.1 Å². The van der Waals surface area contributed by atoms with E-state index in [1.165, 1.54) is 31.4 Å². The van der Waals surface area contributed by atoms with Crippen molar-refractivity contribution in [2.75, 3.05) is 13.2 Å². The summed E-state index contributed by atoms with van der Waals surface area (Å²) in [5, 5.41) is 3.96. The van der Waals surface area contributed by atoms with Crippen LogP contribution in [0.2, 0.25) is 0 Å². The van der Waals surface area contributed by atoms with Gasteiger partial charge in [-0.15, -0.1) is 0 Å². The van der Waals surface area contributed by atoms with Crippen molar-refractivity contribution in [3.63, 3.8) is 0 Å². The lowest BCUT2D eigenvalue weighted by Gasteiger charge is -2.29. The highest BCUT2D eigenvalue weighted by Crippen LogP contribution is 2.41. The minimum Gasteiger partial charge on any atom is -0.465 e. The molecule has 148 valence electrons. The molecule has 2 aromatic heterocycles. The van der Waals surface area contributed by atoms with Crippen molar-refractivity contribution in [2.45, 2.75) is 50.7 Å². The van der Waals surface area contributed by atoms with Crippen LogP contribution in [0.25, 0.3) is 0 Å². The molecule has 0 radical (unpaired) electrons. The summed E-state index contributed by atoms with van der Waals surface area (Å²) in [6.07, 6.45) is 8.86. The van der Waals surface area contributed by atoms with Crippen LogP contribution in [0.5, 0.6) is 0 Å². The molecule has 0 spiro atoms. The van der Waals surface area contributed by atoms with Gasteiger partial charge in [0.1, 0.15) is 6.54 Å². The third-order valence-corrected chi connectivity index (χ3v) is 5.99. The lowest BCUT2D eigenvalue weighted by molar-refractivity contribution is -0.143.